The smallest absolute Gasteiger partial charge is 0.418 e. The molecule has 1 saturated carbocycles. The number of aromatic amines is 1. The number of pyridine rings is 2. The molecule has 10 nitrogen and oxygen atoms in total. The van der Waals surface area contributed by atoms with E-state index in [9.17, 15) is 23.1 Å². The Morgan fingerprint density at radius 3 is 2.63 bits per heavy atom. The summed E-state index contributed by atoms with van der Waals surface area (Å²) in [5.41, 5.74) is 1.57. The minimum atomic E-state index is -4.61. The van der Waals surface area contributed by atoms with E-state index < -0.39 is 23.4 Å². The number of carbonyl (C=O) groups is 1. The number of carbonyl (C=O) groups excluding carboxylic acids is 1. The summed E-state index contributed by atoms with van der Waals surface area (Å²) in [5, 5.41) is 13.9. The summed E-state index contributed by atoms with van der Waals surface area (Å²) in [6, 6.07) is 9.66. The van der Waals surface area contributed by atoms with Crippen LogP contribution in [-0.4, -0.2) is 80.1 Å². The van der Waals surface area contributed by atoms with Gasteiger partial charge in [-0.05, 0) is 74.7 Å². The van der Waals surface area contributed by atoms with Crippen LogP contribution < -0.4 is 10.1 Å². The molecule has 13 heteroatoms. The zero-order valence-corrected chi connectivity index (χ0v) is 25.7. The topological polar surface area (TPSA) is 110 Å². The molecule has 242 valence electrons. The number of alkyl halides is 3. The number of aromatic nitrogens is 3. The average molecular weight is 636 g/mol. The van der Waals surface area contributed by atoms with Crippen molar-refractivity contribution in [2.24, 2.45) is 0 Å². The van der Waals surface area contributed by atoms with Crippen molar-refractivity contribution in [1.29, 1.82) is 0 Å². The summed E-state index contributed by atoms with van der Waals surface area (Å²) in [5.74, 6) is 1.16. The van der Waals surface area contributed by atoms with Gasteiger partial charge in [0.1, 0.15) is 22.7 Å². The van der Waals surface area contributed by atoms with E-state index in [4.69, 9.17) is 4.74 Å². The van der Waals surface area contributed by atoms with Crippen LogP contribution in [0.3, 0.4) is 0 Å². The second kappa shape index (κ2) is 11.6. The lowest BCUT2D eigenvalue weighted by molar-refractivity contribution is -0.138. The van der Waals surface area contributed by atoms with Gasteiger partial charge in [0.25, 0.3) is 0 Å². The lowest BCUT2D eigenvalue weighted by atomic mass is 9.95. The van der Waals surface area contributed by atoms with Crippen molar-refractivity contribution >= 4 is 22.8 Å². The standard InChI is InChI=1S/C33H36F3N7O3/c1-20-13-21-3-4-24(46-28-5-8-37-30-25(28)16-29(40-30)32(45)6-7-32)14-22(21)18-43(20)31(44)39-23-15-26(33(34,35)36)27(38-17-23)19-42-11-9-41(2)10-12-42/h3-5,8,14-17,20,45H,6-7,9-13,18-19H2,1-2H3,(H,37,40)(H,39,44)/t20-/m1/s1. The Kier molecular flexibility index (Phi) is 7.65. The van der Waals surface area contributed by atoms with Gasteiger partial charge in [0, 0.05) is 57.2 Å². The molecule has 1 aliphatic carbocycles. The van der Waals surface area contributed by atoms with Gasteiger partial charge in [-0.1, -0.05) is 6.07 Å². The number of piperazine rings is 1. The van der Waals surface area contributed by atoms with E-state index in [0.717, 1.165) is 35.7 Å². The first-order valence-corrected chi connectivity index (χ1v) is 15.5. The van der Waals surface area contributed by atoms with Crippen molar-refractivity contribution in [3.8, 4) is 11.5 Å². The number of benzene rings is 1. The summed E-state index contributed by atoms with van der Waals surface area (Å²) >= 11 is 0. The third-order valence-corrected chi connectivity index (χ3v) is 9.27. The van der Waals surface area contributed by atoms with Gasteiger partial charge in [-0.2, -0.15) is 13.2 Å². The molecule has 0 bridgehead atoms. The number of halogens is 3. The van der Waals surface area contributed by atoms with Crippen LogP contribution in [0.5, 0.6) is 11.5 Å². The van der Waals surface area contributed by atoms with Crippen LogP contribution in [0.4, 0.5) is 23.7 Å². The number of hydrogen-bond acceptors (Lipinski definition) is 7. The zero-order chi connectivity index (χ0) is 32.2. The molecule has 0 radical (unpaired) electrons. The van der Waals surface area contributed by atoms with Crippen molar-refractivity contribution in [3.05, 3.63) is 76.9 Å². The molecule has 3 N–H and O–H groups in total. The number of rotatable bonds is 6. The van der Waals surface area contributed by atoms with Crippen LogP contribution in [0.1, 0.15) is 47.8 Å². The molecule has 2 fully saturated rings. The van der Waals surface area contributed by atoms with E-state index >= 15 is 0 Å². The van der Waals surface area contributed by atoms with Gasteiger partial charge in [-0.25, -0.2) is 9.78 Å². The molecule has 46 heavy (non-hydrogen) atoms. The SMILES string of the molecule is C[C@@H]1Cc2ccc(Oc3ccnc4[nH]c(C5(O)CC5)cc34)cc2CN1C(=O)Nc1cnc(CN2CCN(C)CC2)c(C(F)(F)F)c1. The van der Waals surface area contributed by atoms with Crippen LogP contribution in [0.2, 0.25) is 0 Å². The Morgan fingerprint density at radius 1 is 1.11 bits per heavy atom. The second-order valence-corrected chi connectivity index (χ2v) is 12.7. The molecular weight excluding hydrogens is 599 g/mol. The molecule has 4 aromatic rings. The maximum atomic E-state index is 14.1. The summed E-state index contributed by atoms with van der Waals surface area (Å²) in [6.45, 7) is 5.17. The van der Waals surface area contributed by atoms with Crippen LogP contribution in [0.15, 0.2) is 48.8 Å². The summed E-state index contributed by atoms with van der Waals surface area (Å²) in [4.78, 5) is 30.9. The molecule has 1 atom stereocenters. The predicted octanol–water partition coefficient (Wildman–Crippen LogP) is 5.48. The summed E-state index contributed by atoms with van der Waals surface area (Å²) in [6.07, 6.45) is 0.314. The van der Waals surface area contributed by atoms with Crippen LogP contribution >= 0.6 is 0 Å². The lowest BCUT2D eigenvalue weighted by Gasteiger charge is -2.35. The van der Waals surface area contributed by atoms with Crippen molar-refractivity contribution in [2.45, 2.75) is 57.1 Å². The van der Waals surface area contributed by atoms with Crippen LogP contribution in [0.25, 0.3) is 11.0 Å². The third-order valence-electron chi connectivity index (χ3n) is 9.27. The third kappa shape index (κ3) is 6.14. The molecule has 1 saturated heterocycles. The average Bonchev–Trinajstić information content (AvgIpc) is 3.60. The maximum absolute atomic E-state index is 14.1. The molecule has 1 aromatic carbocycles. The number of urea groups is 1. The first-order chi connectivity index (χ1) is 21.9. The van der Waals surface area contributed by atoms with Gasteiger partial charge in [0.15, 0.2) is 0 Å². The number of likely N-dealkylation sites (N-methyl/N-ethyl adjacent to an activating group) is 1. The number of H-pyrrole nitrogens is 1. The van der Waals surface area contributed by atoms with Crippen molar-refractivity contribution < 1.29 is 27.8 Å². The molecule has 2 amide bonds. The minimum absolute atomic E-state index is 0.00188. The number of hydrogen-bond donors (Lipinski definition) is 3. The number of aliphatic hydroxyl groups is 1. The second-order valence-electron chi connectivity index (χ2n) is 12.7. The monoisotopic (exact) mass is 635 g/mol. The first kappa shape index (κ1) is 30.5. The van der Waals surface area contributed by atoms with Gasteiger partial charge in [0.05, 0.1) is 28.5 Å². The van der Waals surface area contributed by atoms with Crippen molar-refractivity contribution in [2.75, 3.05) is 38.5 Å². The highest BCUT2D eigenvalue weighted by molar-refractivity contribution is 5.89. The minimum Gasteiger partial charge on any atom is -0.457 e. The number of nitrogens with one attached hydrogen (secondary N) is 2. The van der Waals surface area contributed by atoms with Gasteiger partial charge in [-0.3, -0.25) is 9.88 Å². The Bertz CT molecular complexity index is 1780. The Balaban J connectivity index is 1.06. The predicted molar refractivity (Wildman–Crippen MR) is 165 cm³/mol. The van der Waals surface area contributed by atoms with Crippen molar-refractivity contribution in [3.63, 3.8) is 0 Å². The maximum Gasteiger partial charge on any atom is 0.418 e. The number of amides is 2. The number of fused-ring (bicyclic) bond motifs is 2. The number of anilines is 1. The molecule has 3 aromatic heterocycles. The fourth-order valence-electron chi connectivity index (χ4n) is 6.25. The van der Waals surface area contributed by atoms with Gasteiger partial charge in [0.2, 0.25) is 0 Å². The molecular formula is C33H36F3N7O3. The highest BCUT2D eigenvalue weighted by Crippen LogP contribution is 2.46. The van der Waals surface area contributed by atoms with Crippen LogP contribution in [-0.2, 0) is 31.3 Å². The van der Waals surface area contributed by atoms with E-state index in [2.05, 4.69) is 25.2 Å². The summed E-state index contributed by atoms with van der Waals surface area (Å²) < 4.78 is 48.5. The van der Waals surface area contributed by atoms with Gasteiger partial charge >= 0.3 is 12.2 Å². The largest absolute Gasteiger partial charge is 0.457 e. The van der Waals surface area contributed by atoms with Crippen LogP contribution in [0, 0.1) is 0 Å². The molecule has 7 rings (SSSR count). The Labute approximate surface area is 264 Å². The fraction of sp³-hybridized carbons (Fsp3) is 0.424. The van der Waals surface area contributed by atoms with E-state index in [0.29, 0.717) is 55.2 Å². The first-order valence-electron chi connectivity index (χ1n) is 15.5. The Hall–Kier alpha value is -4.20. The molecule has 0 unspecified atom stereocenters. The number of nitrogens with zero attached hydrogens (tertiary/aromatic N) is 5. The zero-order valence-electron chi connectivity index (χ0n) is 25.7. The normalized spacial score (nSPS) is 20.0. The summed E-state index contributed by atoms with van der Waals surface area (Å²) in [7, 11) is 1.99. The van der Waals surface area contributed by atoms with E-state index in [1.165, 1.54) is 6.20 Å². The van der Waals surface area contributed by atoms with E-state index in [-0.39, 0.29) is 30.5 Å². The van der Waals surface area contributed by atoms with Gasteiger partial charge < -0.3 is 29.9 Å². The van der Waals surface area contributed by atoms with Gasteiger partial charge in [-0.15, -0.1) is 0 Å². The molecule has 0 spiro atoms. The highest BCUT2D eigenvalue weighted by Gasteiger charge is 2.44. The quantitative estimate of drug-likeness (QED) is 0.258. The molecule has 2 aliphatic heterocycles. The number of ether oxygens (including phenoxy) is 1. The molecule has 3 aliphatic rings. The fourth-order valence-corrected chi connectivity index (χ4v) is 6.25. The lowest BCUT2D eigenvalue weighted by Crippen LogP contribution is -2.45. The van der Waals surface area contributed by atoms with E-state index in [1.54, 1.807) is 17.2 Å². The molecule has 5 heterocycles. The van der Waals surface area contributed by atoms with Crippen molar-refractivity contribution in [1.82, 2.24) is 29.7 Å². The highest BCUT2D eigenvalue weighted by atomic mass is 19.4. The van der Waals surface area contributed by atoms with E-state index in [1.807, 2.05) is 43.1 Å². The Morgan fingerprint density at radius 2 is 1.89 bits per heavy atom.